The molecule has 16 heavy (non-hydrogen) atoms. The maximum atomic E-state index is 6.54. The largest absolute Gasteiger partial charge is 0.319 e. The second-order valence-corrected chi connectivity index (χ2v) is 6.30. The smallest absolute Gasteiger partial charge is 0.113 e. The number of thiazole rings is 1. The predicted octanol–water partition coefficient (Wildman–Crippen LogP) is 2.03. The molecule has 0 amide bonds. The van der Waals surface area contributed by atoms with Crippen LogP contribution >= 0.6 is 11.3 Å². The minimum atomic E-state index is -0.199. The Kier molecular flexibility index (Phi) is 3.07. The Bertz CT molecular complexity index is 368. The van der Waals surface area contributed by atoms with Crippen molar-refractivity contribution in [2.24, 2.45) is 5.73 Å². The summed E-state index contributed by atoms with van der Waals surface area (Å²) in [5.74, 6) is 0. The zero-order valence-corrected chi connectivity index (χ0v) is 11.4. The Hall–Kier alpha value is -0.450. The van der Waals surface area contributed by atoms with Crippen LogP contribution in [-0.4, -0.2) is 29.5 Å². The van der Waals surface area contributed by atoms with E-state index in [0.29, 0.717) is 6.04 Å². The van der Waals surface area contributed by atoms with Gasteiger partial charge in [-0.2, -0.15) is 0 Å². The second kappa shape index (κ2) is 4.09. The van der Waals surface area contributed by atoms with Crippen molar-refractivity contribution in [3.05, 3.63) is 15.6 Å². The van der Waals surface area contributed by atoms with Crippen molar-refractivity contribution < 1.29 is 0 Å². The standard InChI is InChI=1S/C12H21N3S/c1-8-7-12(13,5-6-15(8)4)11-14-9(2)10(3)16-11/h8H,5-7,13H2,1-4H3. The Balaban J connectivity index is 2.25. The molecule has 1 aliphatic heterocycles. The van der Waals surface area contributed by atoms with Crippen LogP contribution < -0.4 is 5.73 Å². The van der Waals surface area contributed by atoms with Crippen molar-refractivity contribution in [1.82, 2.24) is 9.88 Å². The van der Waals surface area contributed by atoms with E-state index in [0.717, 1.165) is 30.1 Å². The van der Waals surface area contributed by atoms with Crippen molar-refractivity contribution in [2.75, 3.05) is 13.6 Å². The minimum absolute atomic E-state index is 0.199. The SMILES string of the molecule is Cc1nc(C2(N)CCN(C)C(C)C2)sc1C. The van der Waals surface area contributed by atoms with E-state index in [2.05, 4.69) is 37.7 Å². The number of likely N-dealkylation sites (tertiary alicyclic amines) is 1. The lowest BCUT2D eigenvalue weighted by Gasteiger charge is -2.40. The third-order valence-electron chi connectivity index (χ3n) is 3.78. The normalized spacial score (nSPS) is 31.9. The van der Waals surface area contributed by atoms with Crippen molar-refractivity contribution >= 4 is 11.3 Å². The van der Waals surface area contributed by atoms with E-state index < -0.39 is 0 Å². The van der Waals surface area contributed by atoms with Gasteiger partial charge in [-0.05, 0) is 40.7 Å². The average Bonchev–Trinajstić information content (AvgIpc) is 2.55. The molecule has 0 bridgehead atoms. The first-order chi connectivity index (χ1) is 7.42. The van der Waals surface area contributed by atoms with Gasteiger partial charge in [-0.15, -0.1) is 11.3 Å². The Morgan fingerprint density at radius 3 is 2.69 bits per heavy atom. The molecular formula is C12H21N3S. The summed E-state index contributed by atoms with van der Waals surface area (Å²) >= 11 is 1.77. The second-order valence-electron chi connectivity index (χ2n) is 5.10. The van der Waals surface area contributed by atoms with Crippen molar-refractivity contribution in [1.29, 1.82) is 0 Å². The van der Waals surface area contributed by atoms with Crippen LogP contribution in [-0.2, 0) is 5.54 Å². The fourth-order valence-electron chi connectivity index (χ4n) is 2.26. The van der Waals surface area contributed by atoms with E-state index in [9.17, 15) is 0 Å². The fourth-order valence-corrected chi connectivity index (χ4v) is 3.32. The van der Waals surface area contributed by atoms with E-state index in [-0.39, 0.29) is 5.54 Å². The van der Waals surface area contributed by atoms with Crippen LogP contribution in [0, 0.1) is 13.8 Å². The van der Waals surface area contributed by atoms with Crippen molar-refractivity contribution in [3.8, 4) is 0 Å². The minimum Gasteiger partial charge on any atom is -0.319 e. The zero-order valence-electron chi connectivity index (χ0n) is 10.6. The van der Waals surface area contributed by atoms with E-state index >= 15 is 0 Å². The third-order valence-corrected chi connectivity index (χ3v) is 5.07. The van der Waals surface area contributed by atoms with Gasteiger partial charge < -0.3 is 10.6 Å². The molecule has 1 fully saturated rings. The summed E-state index contributed by atoms with van der Waals surface area (Å²) in [4.78, 5) is 8.31. The number of nitrogens with two attached hydrogens (primary N) is 1. The first-order valence-electron chi connectivity index (χ1n) is 5.86. The Labute approximate surface area is 102 Å². The maximum absolute atomic E-state index is 6.54. The molecule has 1 saturated heterocycles. The van der Waals surface area contributed by atoms with E-state index in [1.165, 1.54) is 4.88 Å². The number of nitrogens with zero attached hydrogens (tertiary/aromatic N) is 2. The van der Waals surface area contributed by atoms with Crippen LogP contribution in [0.4, 0.5) is 0 Å². The topological polar surface area (TPSA) is 42.1 Å². The first-order valence-corrected chi connectivity index (χ1v) is 6.67. The third kappa shape index (κ3) is 2.01. The van der Waals surface area contributed by atoms with Gasteiger partial charge in [0.2, 0.25) is 0 Å². The summed E-state index contributed by atoms with van der Waals surface area (Å²) in [7, 11) is 2.17. The lowest BCUT2D eigenvalue weighted by atomic mass is 9.85. The van der Waals surface area contributed by atoms with Gasteiger partial charge in [-0.1, -0.05) is 0 Å². The highest BCUT2D eigenvalue weighted by atomic mass is 32.1. The molecule has 2 unspecified atom stereocenters. The molecule has 1 aromatic heterocycles. The van der Waals surface area contributed by atoms with E-state index in [4.69, 9.17) is 5.73 Å². The van der Waals surface area contributed by atoms with Crippen LogP contribution in [0.5, 0.6) is 0 Å². The number of piperidine rings is 1. The molecule has 0 radical (unpaired) electrons. The van der Waals surface area contributed by atoms with E-state index in [1.807, 2.05) is 0 Å². The molecule has 4 heteroatoms. The number of rotatable bonds is 1. The van der Waals surface area contributed by atoms with Gasteiger partial charge in [0.05, 0.1) is 11.2 Å². The average molecular weight is 239 g/mol. The fraction of sp³-hybridized carbons (Fsp3) is 0.750. The number of hydrogen-bond acceptors (Lipinski definition) is 4. The highest BCUT2D eigenvalue weighted by molar-refractivity contribution is 7.11. The number of aryl methyl sites for hydroxylation is 2. The molecule has 2 N–H and O–H groups in total. The number of hydrogen-bond donors (Lipinski definition) is 1. The molecule has 2 atom stereocenters. The van der Waals surface area contributed by atoms with Crippen LogP contribution in [0.1, 0.15) is 35.3 Å². The number of aromatic nitrogens is 1. The van der Waals surface area contributed by atoms with Crippen molar-refractivity contribution in [2.45, 2.75) is 45.2 Å². The van der Waals surface area contributed by atoms with Crippen LogP contribution in [0.3, 0.4) is 0 Å². The summed E-state index contributed by atoms with van der Waals surface area (Å²) < 4.78 is 0. The van der Waals surface area contributed by atoms with E-state index in [1.54, 1.807) is 11.3 Å². The van der Waals surface area contributed by atoms with Gasteiger partial charge >= 0.3 is 0 Å². The van der Waals surface area contributed by atoms with Crippen molar-refractivity contribution in [3.63, 3.8) is 0 Å². The van der Waals surface area contributed by atoms with Crippen LogP contribution in [0.2, 0.25) is 0 Å². The van der Waals surface area contributed by atoms with Gasteiger partial charge in [-0.25, -0.2) is 4.98 Å². The lowest BCUT2D eigenvalue weighted by molar-refractivity contribution is 0.131. The molecule has 3 nitrogen and oxygen atoms in total. The highest BCUT2D eigenvalue weighted by Gasteiger charge is 2.37. The van der Waals surface area contributed by atoms with Gasteiger partial charge in [-0.3, -0.25) is 0 Å². The molecule has 0 aliphatic carbocycles. The van der Waals surface area contributed by atoms with Gasteiger partial charge in [0, 0.05) is 17.5 Å². The summed E-state index contributed by atoms with van der Waals surface area (Å²) in [5, 5.41) is 1.13. The monoisotopic (exact) mass is 239 g/mol. The zero-order chi connectivity index (χ0) is 11.9. The van der Waals surface area contributed by atoms with Gasteiger partial charge in [0.1, 0.15) is 5.01 Å². The highest BCUT2D eigenvalue weighted by Crippen LogP contribution is 2.35. The Morgan fingerprint density at radius 2 is 2.19 bits per heavy atom. The summed E-state index contributed by atoms with van der Waals surface area (Å²) in [6, 6.07) is 0.545. The summed E-state index contributed by atoms with van der Waals surface area (Å²) in [6.07, 6.45) is 2.02. The van der Waals surface area contributed by atoms with Crippen LogP contribution in [0.15, 0.2) is 0 Å². The first kappa shape index (κ1) is 12.0. The summed E-state index contributed by atoms with van der Waals surface area (Å²) in [5.41, 5.74) is 7.47. The molecule has 90 valence electrons. The molecule has 0 spiro atoms. The molecule has 1 aromatic rings. The summed E-state index contributed by atoms with van der Waals surface area (Å²) in [6.45, 7) is 7.50. The van der Waals surface area contributed by atoms with Crippen LogP contribution in [0.25, 0.3) is 0 Å². The predicted molar refractivity (Wildman–Crippen MR) is 68.8 cm³/mol. The Morgan fingerprint density at radius 1 is 1.50 bits per heavy atom. The molecule has 0 aromatic carbocycles. The molecule has 2 rings (SSSR count). The van der Waals surface area contributed by atoms with Gasteiger partial charge in [0.25, 0.3) is 0 Å². The maximum Gasteiger partial charge on any atom is 0.113 e. The molecule has 2 heterocycles. The van der Waals surface area contributed by atoms with Gasteiger partial charge in [0.15, 0.2) is 0 Å². The lowest BCUT2D eigenvalue weighted by Crippen LogP contribution is -2.50. The molecule has 1 aliphatic rings. The quantitative estimate of drug-likeness (QED) is 0.815. The molecular weight excluding hydrogens is 218 g/mol. The molecule has 0 saturated carbocycles.